The molecule has 0 atom stereocenters. The van der Waals surface area contributed by atoms with Crippen LogP contribution in [-0.2, 0) is 6.54 Å². The van der Waals surface area contributed by atoms with E-state index in [-0.39, 0.29) is 12.4 Å². The summed E-state index contributed by atoms with van der Waals surface area (Å²) in [6.07, 6.45) is -3.44. The standard InChI is InChI=1S/C14H12F3N3O3/c15-14(16,17)9-23-11-6-7-18-13(12(11)20(21)22)19-8-10-4-2-1-3-5-10/h1-7H,8-9H2,(H,18,19). The van der Waals surface area contributed by atoms with Gasteiger partial charge < -0.3 is 10.1 Å². The summed E-state index contributed by atoms with van der Waals surface area (Å²) in [7, 11) is 0. The van der Waals surface area contributed by atoms with Gasteiger partial charge in [0.2, 0.25) is 11.6 Å². The highest BCUT2D eigenvalue weighted by Crippen LogP contribution is 2.34. The number of nitrogens with one attached hydrogen (secondary N) is 1. The van der Waals surface area contributed by atoms with E-state index in [1.807, 2.05) is 6.07 Å². The van der Waals surface area contributed by atoms with Crippen molar-refractivity contribution < 1.29 is 22.8 Å². The Hall–Kier alpha value is -2.84. The van der Waals surface area contributed by atoms with Crippen LogP contribution in [0.2, 0.25) is 0 Å². The van der Waals surface area contributed by atoms with Crippen LogP contribution in [0, 0.1) is 10.1 Å². The van der Waals surface area contributed by atoms with Crippen molar-refractivity contribution in [1.82, 2.24) is 4.98 Å². The maximum absolute atomic E-state index is 12.2. The van der Waals surface area contributed by atoms with Crippen molar-refractivity contribution in [2.75, 3.05) is 11.9 Å². The molecule has 0 bridgehead atoms. The van der Waals surface area contributed by atoms with E-state index in [4.69, 9.17) is 0 Å². The molecule has 0 fully saturated rings. The first-order chi connectivity index (χ1) is 10.9. The molecule has 23 heavy (non-hydrogen) atoms. The molecule has 1 aromatic heterocycles. The molecule has 0 aliphatic heterocycles. The SMILES string of the molecule is O=[N+]([O-])c1c(OCC(F)(F)F)ccnc1NCc1ccccc1. The second kappa shape index (κ2) is 6.95. The van der Waals surface area contributed by atoms with E-state index in [1.54, 1.807) is 24.3 Å². The maximum atomic E-state index is 12.2. The average Bonchev–Trinajstić information content (AvgIpc) is 2.51. The number of nitrogens with zero attached hydrogens (tertiary/aromatic N) is 2. The number of pyridine rings is 1. The Morgan fingerprint density at radius 1 is 1.22 bits per heavy atom. The van der Waals surface area contributed by atoms with Crippen molar-refractivity contribution in [2.45, 2.75) is 12.7 Å². The van der Waals surface area contributed by atoms with Gasteiger partial charge in [-0.3, -0.25) is 10.1 Å². The Morgan fingerprint density at radius 3 is 2.52 bits per heavy atom. The molecule has 6 nitrogen and oxygen atoms in total. The van der Waals surface area contributed by atoms with E-state index < -0.39 is 29.1 Å². The Balaban J connectivity index is 2.20. The van der Waals surface area contributed by atoms with Crippen LogP contribution < -0.4 is 10.1 Å². The molecule has 0 saturated carbocycles. The van der Waals surface area contributed by atoms with Gasteiger partial charge in [0.25, 0.3) is 0 Å². The van der Waals surface area contributed by atoms with Crippen molar-refractivity contribution in [2.24, 2.45) is 0 Å². The zero-order valence-corrected chi connectivity index (χ0v) is 11.7. The third-order valence-electron chi connectivity index (χ3n) is 2.76. The van der Waals surface area contributed by atoms with E-state index >= 15 is 0 Å². The predicted molar refractivity (Wildman–Crippen MR) is 76.2 cm³/mol. The van der Waals surface area contributed by atoms with Crippen molar-refractivity contribution in [3.8, 4) is 5.75 Å². The molecule has 0 radical (unpaired) electrons. The third kappa shape index (κ3) is 4.83. The number of benzene rings is 1. The number of hydrogen-bond acceptors (Lipinski definition) is 5. The topological polar surface area (TPSA) is 77.3 Å². The predicted octanol–water partition coefficient (Wildman–Crippen LogP) is 3.54. The van der Waals surface area contributed by atoms with Gasteiger partial charge >= 0.3 is 11.9 Å². The summed E-state index contributed by atoms with van der Waals surface area (Å²) < 4.78 is 41.2. The normalized spacial score (nSPS) is 11.1. The van der Waals surface area contributed by atoms with Crippen molar-refractivity contribution >= 4 is 11.5 Å². The lowest BCUT2D eigenvalue weighted by Crippen LogP contribution is -2.20. The van der Waals surface area contributed by atoms with E-state index in [2.05, 4.69) is 15.0 Å². The number of halogens is 3. The first-order valence-electron chi connectivity index (χ1n) is 6.47. The van der Waals surface area contributed by atoms with Gasteiger partial charge in [0.1, 0.15) is 0 Å². The summed E-state index contributed by atoms with van der Waals surface area (Å²) in [6.45, 7) is -1.38. The second-order valence-electron chi connectivity index (χ2n) is 4.51. The molecule has 1 heterocycles. The van der Waals surface area contributed by atoms with Crippen LogP contribution in [0.1, 0.15) is 5.56 Å². The third-order valence-corrected chi connectivity index (χ3v) is 2.76. The summed E-state index contributed by atoms with van der Waals surface area (Å²) in [6, 6.07) is 10.0. The fourth-order valence-corrected chi connectivity index (χ4v) is 1.80. The minimum atomic E-state index is -4.59. The fraction of sp³-hybridized carbons (Fsp3) is 0.214. The van der Waals surface area contributed by atoms with Crippen LogP contribution in [-0.4, -0.2) is 22.7 Å². The summed E-state index contributed by atoms with van der Waals surface area (Å²) in [5, 5.41) is 13.9. The molecule has 0 amide bonds. The number of nitro groups is 1. The first-order valence-corrected chi connectivity index (χ1v) is 6.47. The summed E-state index contributed by atoms with van der Waals surface area (Å²) in [5.41, 5.74) is 0.206. The number of hydrogen-bond donors (Lipinski definition) is 1. The van der Waals surface area contributed by atoms with Crippen LogP contribution in [0.5, 0.6) is 5.75 Å². The molecule has 2 rings (SSSR count). The quantitative estimate of drug-likeness (QED) is 0.648. The zero-order chi connectivity index (χ0) is 16.9. The van der Waals surface area contributed by atoms with Crippen molar-refractivity contribution in [1.29, 1.82) is 0 Å². The highest BCUT2D eigenvalue weighted by molar-refractivity contribution is 5.63. The first kappa shape index (κ1) is 16.5. The lowest BCUT2D eigenvalue weighted by Gasteiger charge is -2.11. The molecule has 122 valence electrons. The highest BCUT2D eigenvalue weighted by atomic mass is 19.4. The zero-order valence-electron chi connectivity index (χ0n) is 11.7. The lowest BCUT2D eigenvalue weighted by molar-refractivity contribution is -0.385. The lowest BCUT2D eigenvalue weighted by atomic mass is 10.2. The Labute approximate surface area is 129 Å². The number of rotatable bonds is 6. The van der Waals surface area contributed by atoms with E-state index in [0.29, 0.717) is 0 Å². The van der Waals surface area contributed by atoms with Crippen molar-refractivity contribution in [3.63, 3.8) is 0 Å². The monoisotopic (exact) mass is 327 g/mol. The van der Waals surface area contributed by atoms with Gasteiger partial charge in [0, 0.05) is 18.8 Å². The number of ether oxygens (including phenoxy) is 1. The van der Waals surface area contributed by atoms with E-state index in [0.717, 1.165) is 17.8 Å². The van der Waals surface area contributed by atoms with Crippen LogP contribution in [0.25, 0.3) is 0 Å². The van der Waals surface area contributed by atoms with Crippen molar-refractivity contribution in [3.05, 3.63) is 58.3 Å². The molecule has 0 aliphatic rings. The Morgan fingerprint density at radius 2 is 1.91 bits per heavy atom. The molecule has 0 spiro atoms. The average molecular weight is 327 g/mol. The van der Waals surface area contributed by atoms with E-state index in [1.165, 1.54) is 0 Å². The maximum Gasteiger partial charge on any atom is 0.422 e. The van der Waals surface area contributed by atoms with Crippen LogP contribution in [0.15, 0.2) is 42.6 Å². The Bertz CT molecular complexity index is 678. The number of anilines is 1. The minimum Gasteiger partial charge on any atom is -0.477 e. The number of alkyl halides is 3. The molecular formula is C14H12F3N3O3. The minimum absolute atomic E-state index is 0.154. The van der Waals surface area contributed by atoms with Gasteiger partial charge in [0.15, 0.2) is 6.61 Å². The van der Waals surface area contributed by atoms with Gasteiger partial charge in [0.05, 0.1) is 4.92 Å². The summed E-state index contributed by atoms with van der Waals surface area (Å²) >= 11 is 0. The second-order valence-corrected chi connectivity index (χ2v) is 4.51. The van der Waals surface area contributed by atoms with E-state index in [9.17, 15) is 23.3 Å². The smallest absolute Gasteiger partial charge is 0.422 e. The Kier molecular flexibility index (Phi) is 4.99. The van der Waals surface area contributed by atoms with Gasteiger partial charge in [-0.15, -0.1) is 0 Å². The van der Waals surface area contributed by atoms with Gasteiger partial charge in [-0.25, -0.2) is 4.98 Å². The molecular weight excluding hydrogens is 315 g/mol. The van der Waals surface area contributed by atoms with Crippen LogP contribution >= 0.6 is 0 Å². The van der Waals surface area contributed by atoms with Gasteiger partial charge in [-0.05, 0) is 5.56 Å². The summed E-state index contributed by atoms with van der Waals surface area (Å²) in [5.74, 6) is -0.642. The molecule has 0 aliphatic carbocycles. The largest absolute Gasteiger partial charge is 0.477 e. The molecule has 2 aromatic rings. The highest BCUT2D eigenvalue weighted by Gasteiger charge is 2.31. The fourth-order valence-electron chi connectivity index (χ4n) is 1.80. The molecule has 0 unspecified atom stereocenters. The number of aromatic nitrogens is 1. The summed E-state index contributed by atoms with van der Waals surface area (Å²) in [4.78, 5) is 14.1. The van der Waals surface area contributed by atoms with Gasteiger partial charge in [-0.2, -0.15) is 13.2 Å². The molecule has 1 N–H and O–H groups in total. The van der Waals surface area contributed by atoms with Gasteiger partial charge in [-0.1, -0.05) is 30.3 Å². The van der Waals surface area contributed by atoms with Crippen LogP contribution in [0.3, 0.4) is 0 Å². The van der Waals surface area contributed by atoms with Crippen LogP contribution in [0.4, 0.5) is 24.7 Å². The molecule has 1 aromatic carbocycles. The molecule has 0 saturated heterocycles. The molecule has 9 heteroatoms.